The highest BCUT2D eigenvalue weighted by Gasteiger charge is 2.34. The Morgan fingerprint density at radius 1 is 1.47 bits per heavy atom. The molecule has 0 radical (unpaired) electrons. The maximum absolute atomic E-state index is 13.0. The van der Waals surface area contributed by atoms with E-state index in [9.17, 15) is 14.3 Å². The Balaban J connectivity index is 2.47. The van der Waals surface area contributed by atoms with Crippen LogP contribution in [0.5, 0.6) is 0 Å². The van der Waals surface area contributed by atoms with Crippen molar-refractivity contribution in [1.82, 2.24) is 5.32 Å². The van der Waals surface area contributed by atoms with E-state index in [1.54, 1.807) is 6.07 Å². The Morgan fingerprint density at radius 3 is 2.73 bits per heavy atom. The molecule has 0 fully saturated rings. The molecule has 78 valence electrons. The average molecular weight is 207 g/mol. The predicted octanol–water partition coefficient (Wildman–Crippen LogP) is 1.05. The normalized spacial score (nSPS) is 25.0. The number of carbonyl (C=O) groups excluding carboxylic acids is 1. The molecule has 0 aromatic heterocycles. The van der Waals surface area contributed by atoms with E-state index >= 15 is 0 Å². The molecule has 1 atom stereocenters. The van der Waals surface area contributed by atoms with Gasteiger partial charge in [0.15, 0.2) is 5.72 Å². The molecule has 0 aliphatic carbocycles. The zero-order valence-corrected chi connectivity index (χ0v) is 8.12. The van der Waals surface area contributed by atoms with Crippen LogP contribution in [-0.4, -0.2) is 16.7 Å². The fourth-order valence-corrected chi connectivity index (χ4v) is 1.64. The van der Waals surface area contributed by atoms with Crippen LogP contribution in [0, 0.1) is 5.82 Å². The number of benzene rings is 1. The van der Waals surface area contributed by atoms with Crippen LogP contribution in [0.25, 0.3) is 5.57 Å². The number of carbonyl (C=O) groups is 1. The lowest BCUT2D eigenvalue weighted by molar-refractivity contribution is -0.119. The van der Waals surface area contributed by atoms with Gasteiger partial charge < -0.3 is 10.4 Å². The van der Waals surface area contributed by atoms with Crippen LogP contribution in [0.15, 0.2) is 30.3 Å². The minimum Gasteiger partial charge on any atom is -0.367 e. The third-order valence-corrected chi connectivity index (χ3v) is 2.30. The molecule has 1 aliphatic heterocycles. The lowest BCUT2D eigenvalue weighted by Gasteiger charge is -2.21. The van der Waals surface area contributed by atoms with Gasteiger partial charge in [-0.15, -0.1) is 0 Å². The van der Waals surface area contributed by atoms with Crippen molar-refractivity contribution in [1.29, 1.82) is 0 Å². The van der Waals surface area contributed by atoms with E-state index in [0.29, 0.717) is 11.1 Å². The molecule has 1 heterocycles. The second-order valence-corrected chi connectivity index (χ2v) is 3.63. The second-order valence-electron chi connectivity index (χ2n) is 3.63. The number of hydrogen-bond donors (Lipinski definition) is 2. The van der Waals surface area contributed by atoms with Gasteiger partial charge in [-0.3, -0.25) is 4.79 Å². The van der Waals surface area contributed by atoms with Gasteiger partial charge in [-0.25, -0.2) is 4.39 Å². The van der Waals surface area contributed by atoms with E-state index in [0.717, 1.165) is 0 Å². The summed E-state index contributed by atoms with van der Waals surface area (Å²) in [4.78, 5) is 11.1. The lowest BCUT2D eigenvalue weighted by Crippen LogP contribution is -2.40. The molecule has 0 saturated heterocycles. The SMILES string of the molecule is CC1(O)NC(=O)C=C1c1cccc(F)c1. The van der Waals surface area contributed by atoms with Gasteiger partial charge in [0, 0.05) is 11.6 Å². The van der Waals surface area contributed by atoms with Gasteiger partial charge in [0.2, 0.25) is 5.91 Å². The summed E-state index contributed by atoms with van der Waals surface area (Å²) in [7, 11) is 0. The van der Waals surface area contributed by atoms with Gasteiger partial charge in [0.1, 0.15) is 5.82 Å². The standard InChI is InChI=1S/C11H10FNO2/c1-11(15)9(6-10(14)13-11)7-3-2-4-8(12)5-7/h2-6,15H,1H3,(H,13,14). The molecule has 0 bridgehead atoms. The third kappa shape index (κ3) is 1.76. The summed E-state index contributed by atoms with van der Waals surface area (Å²) in [5.41, 5.74) is -0.546. The van der Waals surface area contributed by atoms with Gasteiger partial charge >= 0.3 is 0 Å². The fourth-order valence-electron chi connectivity index (χ4n) is 1.64. The predicted molar refractivity (Wildman–Crippen MR) is 53.1 cm³/mol. The Bertz CT molecular complexity index is 452. The van der Waals surface area contributed by atoms with Gasteiger partial charge in [0.05, 0.1) is 0 Å². The minimum absolute atomic E-state index is 0.376. The second kappa shape index (κ2) is 3.17. The van der Waals surface area contributed by atoms with Crippen molar-refractivity contribution in [2.75, 3.05) is 0 Å². The zero-order valence-electron chi connectivity index (χ0n) is 8.12. The van der Waals surface area contributed by atoms with E-state index in [1.807, 2.05) is 0 Å². The summed E-state index contributed by atoms with van der Waals surface area (Å²) in [5.74, 6) is -0.775. The number of rotatable bonds is 1. The molecular formula is C11H10FNO2. The molecule has 1 aliphatic rings. The Hall–Kier alpha value is -1.68. The van der Waals surface area contributed by atoms with Crippen LogP contribution in [0.4, 0.5) is 4.39 Å². The number of hydrogen-bond acceptors (Lipinski definition) is 2. The molecule has 1 aromatic rings. The largest absolute Gasteiger partial charge is 0.367 e. The molecule has 3 nitrogen and oxygen atoms in total. The highest BCUT2D eigenvalue weighted by atomic mass is 19.1. The fraction of sp³-hybridized carbons (Fsp3) is 0.182. The Morgan fingerprint density at radius 2 is 2.20 bits per heavy atom. The number of nitrogens with one attached hydrogen (secondary N) is 1. The van der Waals surface area contributed by atoms with Crippen LogP contribution in [0.3, 0.4) is 0 Å². The summed E-state index contributed by atoms with van der Waals surface area (Å²) in [6.07, 6.45) is 1.27. The molecule has 1 aromatic carbocycles. The first-order chi connectivity index (χ1) is 6.99. The van der Waals surface area contributed by atoms with Crippen LogP contribution in [0.2, 0.25) is 0 Å². The summed E-state index contributed by atoms with van der Waals surface area (Å²) < 4.78 is 13.0. The molecule has 15 heavy (non-hydrogen) atoms. The van der Waals surface area contributed by atoms with E-state index < -0.39 is 11.5 Å². The maximum atomic E-state index is 13.0. The van der Waals surface area contributed by atoms with Crippen molar-refractivity contribution in [2.45, 2.75) is 12.6 Å². The van der Waals surface area contributed by atoms with E-state index in [-0.39, 0.29) is 5.91 Å². The summed E-state index contributed by atoms with van der Waals surface area (Å²) in [6, 6.07) is 5.76. The van der Waals surface area contributed by atoms with Crippen molar-refractivity contribution in [2.24, 2.45) is 0 Å². The number of amides is 1. The first-order valence-corrected chi connectivity index (χ1v) is 4.52. The van der Waals surface area contributed by atoms with Crippen molar-refractivity contribution < 1.29 is 14.3 Å². The molecular weight excluding hydrogens is 197 g/mol. The monoisotopic (exact) mass is 207 g/mol. The molecule has 2 rings (SSSR count). The van der Waals surface area contributed by atoms with Crippen LogP contribution in [0.1, 0.15) is 12.5 Å². The van der Waals surface area contributed by atoms with Crippen LogP contribution < -0.4 is 5.32 Å². The highest BCUT2D eigenvalue weighted by molar-refractivity contribution is 6.02. The smallest absolute Gasteiger partial charge is 0.246 e. The highest BCUT2D eigenvalue weighted by Crippen LogP contribution is 2.29. The van der Waals surface area contributed by atoms with Crippen molar-refractivity contribution >= 4 is 11.5 Å². The van der Waals surface area contributed by atoms with Gasteiger partial charge in [-0.2, -0.15) is 0 Å². The van der Waals surface area contributed by atoms with E-state index in [4.69, 9.17) is 0 Å². The summed E-state index contributed by atoms with van der Waals surface area (Å²) >= 11 is 0. The topological polar surface area (TPSA) is 49.3 Å². The number of halogens is 1. The molecule has 1 amide bonds. The van der Waals surface area contributed by atoms with Crippen molar-refractivity contribution in [3.8, 4) is 0 Å². The first kappa shape index (κ1) is 9.86. The maximum Gasteiger partial charge on any atom is 0.246 e. The zero-order chi connectivity index (χ0) is 11.1. The Labute approximate surface area is 86.2 Å². The van der Waals surface area contributed by atoms with E-state index in [2.05, 4.69) is 5.32 Å². The van der Waals surface area contributed by atoms with Crippen molar-refractivity contribution in [3.63, 3.8) is 0 Å². The number of aliphatic hydroxyl groups is 1. The first-order valence-electron chi connectivity index (χ1n) is 4.52. The van der Waals surface area contributed by atoms with Crippen molar-refractivity contribution in [3.05, 3.63) is 41.7 Å². The third-order valence-electron chi connectivity index (χ3n) is 2.30. The molecule has 0 spiro atoms. The molecule has 4 heteroatoms. The van der Waals surface area contributed by atoms with Gasteiger partial charge in [0.25, 0.3) is 0 Å². The van der Waals surface area contributed by atoms with Crippen LogP contribution in [-0.2, 0) is 4.79 Å². The lowest BCUT2D eigenvalue weighted by atomic mass is 9.99. The molecule has 1 unspecified atom stereocenters. The quantitative estimate of drug-likeness (QED) is 0.723. The average Bonchev–Trinajstić information content (AvgIpc) is 2.39. The Kier molecular flexibility index (Phi) is 2.08. The van der Waals surface area contributed by atoms with E-state index in [1.165, 1.54) is 31.2 Å². The van der Waals surface area contributed by atoms with Crippen LogP contribution >= 0.6 is 0 Å². The minimum atomic E-state index is -1.43. The summed E-state index contributed by atoms with van der Waals surface area (Å²) in [5, 5.41) is 12.2. The van der Waals surface area contributed by atoms with Gasteiger partial charge in [-0.05, 0) is 24.6 Å². The van der Waals surface area contributed by atoms with Gasteiger partial charge in [-0.1, -0.05) is 12.1 Å². The molecule has 2 N–H and O–H groups in total. The summed E-state index contributed by atoms with van der Waals surface area (Å²) in [6.45, 7) is 1.45. The molecule has 0 saturated carbocycles.